The van der Waals surface area contributed by atoms with Crippen LogP contribution < -0.4 is 11.1 Å². The molecule has 114 valence electrons. The number of hydrogen-bond acceptors (Lipinski definition) is 4. The number of nitriles is 1. The van der Waals surface area contributed by atoms with E-state index in [0.717, 1.165) is 50.9 Å². The van der Waals surface area contributed by atoms with Gasteiger partial charge in [0.15, 0.2) is 0 Å². The van der Waals surface area contributed by atoms with Gasteiger partial charge in [0, 0.05) is 24.2 Å². The lowest BCUT2D eigenvalue weighted by atomic mass is 9.94. The Hall–Kier alpha value is -1.28. The van der Waals surface area contributed by atoms with Crippen molar-refractivity contribution in [2.75, 3.05) is 18.5 Å². The van der Waals surface area contributed by atoms with Crippen LogP contribution in [0.25, 0.3) is 0 Å². The molecule has 5 heteroatoms. The summed E-state index contributed by atoms with van der Waals surface area (Å²) in [4.78, 5) is 0. The van der Waals surface area contributed by atoms with Crippen LogP contribution in [0.3, 0.4) is 0 Å². The van der Waals surface area contributed by atoms with E-state index in [4.69, 9.17) is 27.3 Å². The van der Waals surface area contributed by atoms with Crippen molar-refractivity contribution in [1.29, 1.82) is 5.26 Å². The summed E-state index contributed by atoms with van der Waals surface area (Å²) >= 11 is 5.94. The molecule has 0 unspecified atom stereocenters. The second kappa shape index (κ2) is 8.23. The van der Waals surface area contributed by atoms with Gasteiger partial charge in [-0.2, -0.15) is 5.26 Å². The average molecular weight is 308 g/mol. The van der Waals surface area contributed by atoms with Gasteiger partial charge in [0.05, 0.1) is 17.4 Å². The highest BCUT2D eigenvalue weighted by molar-refractivity contribution is 6.30. The quantitative estimate of drug-likeness (QED) is 0.791. The van der Waals surface area contributed by atoms with Crippen LogP contribution in [0.1, 0.15) is 37.7 Å². The van der Waals surface area contributed by atoms with E-state index in [1.165, 1.54) is 0 Å². The molecule has 1 aliphatic carbocycles. The fourth-order valence-corrected chi connectivity index (χ4v) is 2.73. The predicted molar refractivity (Wildman–Crippen MR) is 85.5 cm³/mol. The van der Waals surface area contributed by atoms with Crippen molar-refractivity contribution in [3.63, 3.8) is 0 Å². The van der Waals surface area contributed by atoms with Gasteiger partial charge in [0.25, 0.3) is 0 Å². The van der Waals surface area contributed by atoms with Gasteiger partial charge in [0.1, 0.15) is 6.07 Å². The molecule has 1 fully saturated rings. The number of benzene rings is 1. The minimum Gasteiger partial charge on any atom is -0.384 e. The highest BCUT2D eigenvalue weighted by Crippen LogP contribution is 2.21. The van der Waals surface area contributed by atoms with Crippen LogP contribution in [0.4, 0.5) is 5.69 Å². The lowest BCUT2D eigenvalue weighted by Crippen LogP contribution is -2.30. The van der Waals surface area contributed by atoms with E-state index in [-0.39, 0.29) is 0 Å². The van der Waals surface area contributed by atoms with Crippen LogP contribution in [-0.2, 0) is 4.74 Å². The van der Waals surface area contributed by atoms with Crippen LogP contribution in [0.15, 0.2) is 18.2 Å². The summed E-state index contributed by atoms with van der Waals surface area (Å²) in [5, 5.41) is 12.9. The van der Waals surface area contributed by atoms with Crippen molar-refractivity contribution in [3.05, 3.63) is 28.8 Å². The SMILES string of the molecule is N#Cc1ccc(Cl)cc1NCCCOC1CCC(N)CC1. The summed E-state index contributed by atoms with van der Waals surface area (Å²) in [5.74, 6) is 0. The zero-order valence-corrected chi connectivity index (χ0v) is 12.9. The monoisotopic (exact) mass is 307 g/mol. The number of rotatable bonds is 6. The largest absolute Gasteiger partial charge is 0.384 e. The predicted octanol–water partition coefficient (Wildman–Crippen LogP) is 3.30. The number of nitrogens with zero attached hydrogens (tertiary/aromatic N) is 1. The van der Waals surface area contributed by atoms with Crippen LogP contribution in [0.2, 0.25) is 5.02 Å². The van der Waals surface area contributed by atoms with Gasteiger partial charge in [-0.1, -0.05) is 11.6 Å². The molecule has 0 bridgehead atoms. The number of anilines is 1. The molecule has 21 heavy (non-hydrogen) atoms. The van der Waals surface area contributed by atoms with Gasteiger partial charge < -0.3 is 15.8 Å². The lowest BCUT2D eigenvalue weighted by Gasteiger charge is -2.26. The third-order valence-electron chi connectivity index (χ3n) is 3.81. The van der Waals surface area contributed by atoms with E-state index < -0.39 is 0 Å². The topological polar surface area (TPSA) is 71.1 Å². The molecule has 4 nitrogen and oxygen atoms in total. The van der Waals surface area contributed by atoms with Gasteiger partial charge in [-0.3, -0.25) is 0 Å². The molecule has 0 saturated heterocycles. The van der Waals surface area contributed by atoms with E-state index in [2.05, 4.69) is 11.4 Å². The molecule has 0 atom stereocenters. The number of ether oxygens (including phenoxy) is 1. The molecular weight excluding hydrogens is 286 g/mol. The summed E-state index contributed by atoms with van der Waals surface area (Å²) in [6.45, 7) is 1.50. The van der Waals surface area contributed by atoms with E-state index in [1.54, 1.807) is 18.2 Å². The molecular formula is C16H22ClN3O. The molecule has 0 aliphatic heterocycles. The van der Waals surface area contributed by atoms with Gasteiger partial charge in [-0.25, -0.2) is 0 Å². The summed E-state index contributed by atoms with van der Waals surface area (Å²) in [7, 11) is 0. The Bertz CT molecular complexity index is 493. The fourth-order valence-electron chi connectivity index (χ4n) is 2.56. The Morgan fingerprint density at radius 1 is 1.33 bits per heavy atom. The highest BCUT2D eigenvalue weighted by atomic mass is 35.5. The normalized spacial score (nSPS) is 21.8. The smallest absolute Gasteiger partial charge is 0.101 e. The molecule has 2 rings (SSSR count). The number of hydrogen-bond donors (Lipinski definition) is 2. The summed E-state index contributed by atoms with van der Waals surface area (Å²) in [6, 6.07) is 7.75. The van der Waals surface area contributed by atoms with E-state index in [9.17, 15) is 0 Å². The van der Waals surface area contributed by atoms with Crippen molar-refractivity contribution in [1.82, 2.24) is 0 Å². The summed E-state index contributed by atoms with van der Waals surface area (Å²) < 4.78 is 5.86. The maximum Gasteiger partial charge on any atom is 0.101 e. The van der Waals surface area contributed by atoms with Crippen molar-refractivity contribution >= 4 is 17.3 Å². The molecule has 1 aromatic rings. The molecule has 1 saturated carbocycles. The zero-order valence-electron chi connectivity index (χ0n) is 12.1. The molecule has 1 aliphatic rings. The van der Waals surface area contributed by atoms with Crippen LogP contribution in [0.5, 0.6) is 0 Å². The van der Waals surface area contributed by atoms with Crippen molar-refractivity contribution in [3.8, 4) is 6.07 Å². The van der Waals surface area contributed by atoms with Crippen molar-refractivity contribution < 1.29 is 4.74 Å². The Kier molecular flexibility index (Phi) is 6.31. The first kappa shape index (κ1) is 16.1. The Labute approximate surface area is 131 Å². The zero-order chi connectivity index (χ0) is 15.1. The second-order valence-corrected chi connectivity index (χ2v) is 5.93. The molecule has 1 aromatic carbocycles. The number of nitrogens with one attached hydrogen (secondary N) is 1. The van der Waals surface area contributed by atoms with E-state index >= 15 is 0 Å². The Morgan fingerprint density at radius 3 is 2.81 bits per heavy atom. The fraction of sp³-hybridized carbons (Fsp3) is 0.562. The summed E-state index contributed by atoms with van der Waals surface area (Å²) in [6.07, 6.45) is 5.54. The van der Waals surface area contributed by atoms with Gasteiger partial charge in [-0.15, -0.1) is 0 Å². The first-order valence-electron chi connectivity index (χ1n) is 7.49. The maximum absolute atomic E-state index is 9.04. The average Bonchev–Trinajstić information content (AvgIpc) is 2.49. The van der Waals surface area contributed by atoms with Crippen LogP contribution in [-0.4, -0.2) is 25.3 Å². The van der Waals surface area contributed by atoms with Gasteiger partial charge in [0.2, 0.25) is 0 Å². The summed E-state index contributed by atoms with van der Waals surface area (Å²) in [5.41, 5.74) is 7.27. The minimum absolute atomic E-state index is 0.360. The van der Waals surface area contributed by atoms with Crippen molar-refractivity contribution in [2.45, 2.75) is 44.2 Å². The molecule has 0 aromatic heterocycles. The first-order chi connectivity index (χ1) is 10.2. The first-order valence-corrected chi connectivity index (χ1v) is 7.87. The molecule has 0 heterocycles. The maximum atomic E-state index is 9.04. The second-order valence-electron chi connectivity index (χ2n) is 5.49. The molecule has 0 amide bonds. The van der Waals surface area contributed by atoms with Gasteiger partial charge >= 0.3 is 0 Å². The van der Waals surface area contributed by atoms with E-state index in [0.29, 0.717) is 22.7 Å². The van der Waals surface area contributed by atoms with Crippen LogP contribution >= 0.6 is 11.6 Å². The third-order valence-corrected chi connectivity index (χ3v) is 4.05. The number of halogens is 1. The molecule has 0 spiro atoms. The molecule has 0 radical (unpaired) electrons. The van der Waals surface area contributed by atoms with Crippen LogP contribution in [0, 0.1) is 11.3 Å². The lowest BCUT2D eigenvalue weighted by molar-refractivity contribution is 0.0251. The highest BCUT2D eigenvalue weighted by Gasteiger charge is 2.18. The van der Waals surface area contributed by atoms with Gasteiger partial charge in [-0.05, 0) is 50.3 Å². The third kappa shape index (κ3) is 5.20. The standard InChI is InChI=1S/C16H22ClN3O/c17-13-3-2-12(11-18)16(10-13)20-8-1-9-21-15-6-4-14(19)5-7-15/h2-3,10,14-15,20H,1,4-9,19H2. The number of nitrogens with two attached hydrogens (primary N) is 1. The van der Waals surface area contributed by atoms with E-state index in [1.807, 2.05) is 0 Å². The van der Waals surface area contributed by atoms with Crippen molar-refractivity contribution in [2.24, 2.45) is 5.73 Å². The minimum atomic E-state index is 0.360. The Balaban J connectivity index is 1.66. The Morgan fingerprint density at radius 2 is 2.10 bits per heavy atom. The molecule has 3 N–H and O–H groups in total.